The van der Waals surface area contributed by atoms with Crippen molar-refractivity contribution in [3.05, 3.63) is 48.5 Å². The van der Waals surface area contributed by atoms with E-state index in [1.807, 2.05) is 36.4 Å². The zero-order chi connectivity index (χ0) is 19.3. The van der Waals surface area contributed by atoms with Crippen LogP contribution in [-0.2, 0) is 4.79 Å². The molecule has 2 heterocycles. The lowest BCUT2D eigenvalue weighted by Gasteiger charge is -2.20. The van der Waals surface area contributed by atoms with Gasteiger partial charge in [0, 0.05) is 13.1 Å². The van der Waals surface area contributed by atoms with Gasteiger partial charge < -0.3 is 19.7 Å². The Morgan fingerprint density at radius 2 is 1.64 bits per heavy atom. The van der Waals surface area contributed by atoms with Gasteiger partial charge in [-0.2, -0.15) is 0 Å². The number of fused-ring (bicyclic) bond motifs is 1. The van der Waals surface area contributed by atoms with E-state index in [1.54, 1.807) is 19.2 Å². The highest BCUT2D eigenvalue weighted by molar-refractivity contribution is 5.95. The Morgan fingerprint density at radius 3 is 2.36 bits per heavy atom. The maximum absolute atomic E-state index is 12.5. The van der Waals surface area contributed by atoms with Gasteiger partial charge in [-0.15, -0.1) is 0 Å². The maximum Gasteiger partial charge on any atom is 0.263 e. The number of aromatic nitrogens is 2. The normalized spacial score (nSPS) is 13.5. The van der Waals surface area contributed by atoms with Crippen LogP contribution in [0.25, 0.3) is 11.0 Å². The molecular formula is C21H22N4O3. The maximum atomic E-state index is 12.5. The van der Waals surface area contributed by atoms with Crippen molar-refractivity contribution in [3.63, 3.8) is 0 Å². The lowest BCUT2D eigenvalue weighted by Crippen LogP contribution is -2.25. The summed E-state index contributed by atoms with van der Waals surface area (Å²) in [4.78, 5) is 24.1. The fourth-order valence-corrected chi connectivity index (χ4v) is 3.27. The van der Waals surface area contributed by atoms with E-state index in [-0.39, 0.29) is 12.5 Å². The van der Waals surface area contributed by atoms with E-state index in [2.05, 4.69) is 15.2 Å². The third-order valence-corrected chi connectivity index (χ3v) is 4.64. The number of benzene rings is 2. The molecule has 7 heteroatoms. The van der Waals surface area contributed by atoms with Crippen molar-refractivity contribution >= 4 is 28.6 Å². The average Bonchev–Trinajstić information content (AvgIpc) is 3.26. The highest BCUT2D eigenvalue weighted by Crippen LogP contribution is 2.28. The smallest absolute Gasteiger partial charge is 0.263 e. The van der Waals surface area contributed by atoms with Gasteiger partial charge in [0.15, 0.2) is 29.7 Å². The molecule has 0 spiro atoms. The number of amides is 1. The minimum Gasteiger partial charge on any atom is -0.493 e. The van der Waals surface area contributed by atoms with E-state index in [9.17, 15) is 4.79 Å². The highest BCUT2D eigenvalue weighted by atomic mass is 16.5. The third-order valence-electron chi connectivity index (χ3n) is 4.64. The summed E-state index contributed by atoms with van der Waals surface area (Å²) in [7, 11) is 1.56. The molecule has 1 aromatic heterocycles. The average molecular weight is 378 g/mol. The van der Waals surface area contributed by atoms with E-state index in [0.717, 1.165) is 37.0 Å². The summed E-state index contributed by atoms with van der Waals surface area (Å²) in [6, 6.07) is 14.9. The second-order valence-corrected chi connectivity index (χ2v) is 6.57. The van der Waals surface area contributed by atoms with Crippen LogP contribution in [0.5, 0.6) is 11.5 Å². The standard InChI is InChI=1S/C21H22N4O3/c1-27-17-10-4-5-11-18(17)28-14-19(26)24-20-21(25-12-6-7-13-25)23-16-9-3-2-8-15(16)22-20/h2-5,8-11H,6-7,12-14H2,1H3,(H,22,24,26). The van der Waals surface area contributed by atoms with Gasteiger partial charge in [0.05, 0.1) is 18.1 Å². The van der Waals surface area contributed by atoms with E-state index in [0.29, 0.717) is 23.1 Å². The number of para-hydroxylation sites is 4. The Morgan fingerprint density at radius 1 is 1.00 bits per heavy atom. The molecule has 7 nitrogen and oxygen atoms in total. The van der Waals surface area contributed by atoms with Crippen molar-refractivity contribution in [1.82, 2.24) is 9.97 Å². The SMILES string of the molecule is COc1ccccc1OCC(=O)Nc1nc2ccccc2nc1N1CCCC1. The van der Waals surface area contributed by atoms with Crippen LogP contribution >= 0.6 is 0 Å². The fraction of sp³-hybridized carbons (Fsp3) is 0.286. The molecule has 4 rings (SSSR count). The molecule has 1 saturated heterocycles. The molecule has 1 fully saturated rings. The zero-order valence-corrected chi connectivity index (χ0v) is 15.7. The number of rotatable bonds is 6. The van der Waals surface area contributed by atoms with E-state index in [1.165, 1.54) is 0 Å². The second-order valence-electron chi connectivity index (χ2n) is 6.57. The number of carbonyl (C=O) groups is 1. The molecule has 144 valence electrons. The van der Waals surface area contributed by atoms with Crippen molar-refractivity contribution in [2.75, 3.05) is 37.0 Å². The molecule has 0 bridgehead atoms. The van der Waals surface area contributed by atoms with E-state index >= 15 is 0 Å². The fourth-order valence-electron chi connectivity index (χ4n) is 3.27. The number of nitrogens with zero attached hydrogens (tertiary/aromatic N) is 3. The van der Waals surface area contributed by atoms with Crippen LogP contribution in [0.4, 0.5) is 11.6 Å². The predicted octanol–water partition coefficient (Wildman–Crippen LogP) is 3.26. The van der Waals surface area contributed by atoms with E-state index in [4.69, 9.17) is 14.5 Å². The molecule has 1 aliphatic heterocycles. The minimum absolute atomic E-state index is 0.145. The Balaban J connectivity index is 1.54. The highest BCUT2D eigenvalue weighted by Gasteiger charge is 2.21. The van der Waals surface area contributed by atoms with Crippen molar-refractivity contribution in [1.29, 1.82) is 0 Å². The molecule has 0 saturated carbocycles. The molecule has 0 radical (unpaired) electrons. The monoisotopic (exact) mass is 378 g/mol. The first kappa shape index (κ1) is 18.0. The molecule has 1 aliphatic rings. The number of methoxy groups -OCH3 is 1. The molecule has 0 aliphatic carbocycles. The quantitative estimate of drug-likeness (QED) is 0.710. The number of anilines is 2. The zero-order valence-electron chi connectivity index (χ0n) is 15.7. The first-order valence-corrected chi connectivity index (χ1v) is 9.32. The molecule has 2 aromatic carbocycles. The summed E-state index contributed by atoms with van der Waals surface area (Å²) in [5.74, 6) is 1.98. The van der Waals surface area contributed by atoms with Crippen molar-refractivity contribution in [3.8, 4) is 11.5 Å². The second kappa shape index (κ2) is 8.12. The van der Waals surface area contributed by atoms with Gasteiger partial charge in [-0.25, -0.2) is 9.97 Å². The Kier molecular flexibility index (Phi) is 5.23. The first-order chi connectivity index (χ1) is 13.7. The summed E-state index contributed by atoms with van der Waals surface area (Å²) >= 11 is 0. The molecule has 0 atom stereocenters. The molecule has 0 unspecified atom stereocenters. The van der Waals surface area contributed by atoms with Crippen LogP contribution in [0, 0.1) is 0 Å². The predicted molar refractivity (Wildman–Crippen MR) is 108 cm³/mol. The van der Waals surface area contributed by atoms with Crippen LogP contribution in [0.1, 0.15) is 12.8 Å². The summed E-state index contributed by atoms with van der Waals surface area (Å²) in [5.41, 5.74) is 1.55. The lowest BCUT2D eigenvalue weighted by molar-refractivity contribution is -0.118. The van der Waals surface area contributed by atoms with Crippen LogP contribution in [0.15, 0.2) is 48.5 Å². The van der Waals surface area contributed by atoms with Gasteiger partial charge in [-0.1, -0.05) is 24.3 Å². The topological polar surface area (TPSA) is 76.6 Å². The number of nitrogens with one attached hydrogen (secondary N) is 1. The van der Waals surface area contributed by atoms with Crippen LogP contribution in [0.3, 0.4) is 0 Å². The summed E-state index contributed by atoms with van der Waals surface area (Å²) in [6.45, 7) is 1.68. The minimum atomic E-state index is -0.295. The van der Waals surface area contributed by atoms with Crippen molar-refractivity contribution in [2.24, 2.45) is 0 Å². The van der Waals surface area contributed by atoms with Crippen molar-refractivity contribution < 1.29 is 14.3 Å². The van der Waals surface area contributed by atoms with Gasteiger partial charge in [0.25, 0.3) is 5.91 Å². The Hall–Kier alpha value is -3.35. The van der Waals surface area contributed by atoms with Crippen LogP contribution in [0.2, 0.25) is 0 Å². The number of hydrogen-bond acceptors (Lipinski definition) is 6. The van der Waals surface area contributed by atoms with Gasteiger partial charge in [0.2, 0.25) is 0 Å². The lowest BCUT2D eigenvalue weighted by atomic mass is 10.3. The van der Waals surface area contributed by atoms with Crippen molar-refractivity contribution in [2.45, 2.75) is 12.8 Å². The van der Waals surface area contributed by atoms with Gasteiger partial charge in [0.1, 0.15) is 0 Å². The number of carbonyl (C=O) groups excluding carboxylic acids is 1. The summed E-state index contributed by atoms with van der Waals surface area (Å²) < 4.78 is 10.9. The third kappa shape index (κ3) is 3.83. The molecule has 1 amide bonds. The Bertz CT molecular complexity index is 986. The van der Waals surface area contributed by atoms with Crippen LogP contribution < -0.4 is 19.7 Å². The molecule has 28 heavy (non-hydrogen) atoms. The molecular weight excluding hydrogens is 356 g/mol. The first-order valence-electron chi connectivity index (χ1n) is 9.32. The summed E-state index contributed by atoms with van der Waals surface area (Å²) in [6.07, 6.45) is 2.22. The Labute approximate surface area is 163 Å². The number of hydrogen-bond donors (Lipinski definition) is 1. The largest absolute Gasteiger partial charge is 0.493 e. The van der Waals surface area contributed by atoms with Gasteiger partial charge >= 0.3 is 0 Å². The summed E-state index contributed by atoms with van der Waals surface area (Å²) in [5, 5.41) is 2.87. The van der Waals surface area contributed by atoms with E-state index < -0.39 is 0 Å². The number of ether oxygens (including phenoxy) is 2. The van der Waals surface area contributed by atoms with Crippen LogP contribution in [-0.4, -0.2) is 42.7 Å². The van der Waals surface area contributed by atoms with Gasteiger partial charge in [-0.05, 0) is 37.1 Å². The van der Waals surface area contributed by atoms with Gasteiger partial charge in [-0.3, -0.25) is 4.79 Å². The molecule has 1 N–H and O–H groups in total. The molecule has 3 aromatic rings.